The van der Waals surface area contributed by atoms with E-state index in [-0.39, 0.29) is 12.4 Å². The first-order valence-electron chi connectivity index (χ1n) is 3.58. The van der Waals surface area contributed by atoms with Crippen molar-refractivity contribution < 1.29 is 13.9 Å². The lowest BCUT2D eigenvalue weighted by Crippen LogP contribution is -1.79. The summed E-state index contributed by atoms with van der Waals surface area (Å²) < 4.78 is 17.8. The number of benzene rings is 1. The molecule has 0 spiro atoms. The first-order chi connectivity index (χ1) is 5.81. The second kappa shape index (κ2) is 2.60. The Balaban J connectivity index is 2.75. The SMILES string of the molecule is OCc1coc2ccc(F)cc12. The normalized spacial score (nSPS) is 10.8. The highest BCUT2D eigenvalue weighted by molar-refractivity contribution is 5.80. The van der Waals surface area contributed by atoms with Gasteiger partial charge in [-0.3, -0.25) is 0 Å². The van der Waals surface area contributed by atoms with E-state index in [0.29, 0.717) is 16.5 Å². The molecule has 0 saturated heterocycles. The third-order valence-corrected chi connectivity index (χ3v) is 1.79. The Morgan fingerprint density at radius 3 is 3.00 bits per heavy atom. The maximum absolute atomic E-state index is 12.7. The van der Waals surface area contributed by atoms with E-state index in [2.05, 4.69) is 0 Å². The monoisotopic (exact) mass is 166 g/mol. The first kappa shape index (κ1) is 7.31. The number of aliphatic hydroxyl groups excluding tert-OH is 1. The Labute approximate surface area is 68.2 Å². The molecule has 0 amide bonds. The molecule has 12 heavy (non-hydrogen) atoms. The summed E-state index contributed by atoms with van der Waals surface area (Å²) in [6, 6.07) is 4.22. The van der Waals surface area contributed by atoms with Crippen molar-refractivity contribution >= 4 is 11.0 Å². The summed E-state index contributed by atoms with van der Waals surface area (Å²) in [5, 5.41) is 9.47. The zero-order chi connectivity index (χ0) is 8.55. The molecular weight excluding hydrogens is 159 g/mol. The predicted molar refractivity (Wildman–Crippen MR) is 42.1 cm³/mol. The van der Waals surface area contributed by atoms with Crippen LogP contribution in [0.5, 0.6) is 0 Å². The van der Waals surface area contributed by atoms with Gasteiger partial charge in [-0.1, -0.05) is 0 Å². The lowest BCUT2D eigenvalue weighted by Gasteiger charge is -1.90. The van der Waals surface area contributed by atoms with Crippen molar-refractivity contribution in [1.82, 2.24) is 0 Å². The third kappa shape index (κ3) is 0.987. The highest BCUT2D eigenvalue weighted by Gasteiger charge is 2.04. The molecule has 1 N–H and O–H groups in total. The van der Waals surface area contributed by atoms with E-state index in [1.54, 1.807) is 6.07 Å². The van der Waals surface area contributed by atoms with E-state index in [9.17, 15) is 4.39 Å². The summed E-state index contributed by atoms with van der Waals surface area (Å²) in [7, 11) is 0. The Bertz CT molecular complexity index is 406. The van der Waals surface area contributed by atoms with Crippen molar-refractivity contribution in [2.45, 2.75) is 6.61 Å². The number of fused-ring (bicyclic) bond motifs is 1. The van der Waals surface area contributed by atoms with Gasteiger partial charge in [-0.25, -0.2) is 4.39 Å². The number of furan rings is 1. The fourth-order valence-corrected chi connectivity index (χ4v) is 1.18. The molecule has 0 fully saturated rings. The molecule has 1 aromatic heterocycles. The molecule has 2 nitrogen and oxygen atoms in total. The highest BCUT2D eigenvalue weighted by atomic mass is 19.1. The van der Waals surface area contributed by atoms with Crippen molar-refractivity contribution in [2.24, 2.45) is 0 Å². The van der Waals surface area contributed by atoms with Crippen LogP contribution in [0.4, 0.5) is 4.39 Å². The van der Waals surface area contributed by atoms with Gasteiger partial charge in [-0.05, 0) is 18.2 Å². The molecule has 2 rings (SSSR count). The Morgan fingerprint density at radius 2 is 2.25 bits per heavy atom. The van der Waals surface area contributed by atoms with Crippen LogP contribution < -0.4 is 0 Å². The van der Waals surface area contributed by atoms with E-state index in [1.165, 1.54) is 18.4 Å². The van der Waals surface area contributed by atoms with Crippen LogP contribution in [0.1, 0.15) is 5.56 Å². The molecule has 0 unspecified atom stereocenters. The molecule has 2 aromatic rings. The summed E-state index contributed by atoms with van der Waals surface area (Å²) in [6.45, 7) is -0.129. The minimum Gasteiger partial charge on any atom is -0.464 e. The van der Waals surface area contributed by atoms with Crippen LogP contribution in [0.3, 0.4) is 0 Å². The summed E-state index contributed by atoms with van der Waals surface area (Å²) in [6.07, 6.45) is 1.43. The largest absolute Gasteiger partial charge is 0.464 e. The lowest BCUT2D eigenvalue weighted by atomic mass is 10.2. The molecule has 0 aliphatic carbocycles. The van der Waals surface area contributed by atoms with Crippen LogP contribution >= 0.6 is 0 Å². The lowest BCUT2D eigenvalue weighted by molar-refractivity contribution is 0.281. The molecule has 62 valence electrons. The smallest absolute Gasteiger partial charge is 0.134 e. The first-order valence-corrected chi connectivity index (χ1v) is 3.58. The Hall–Kier alpha value is -1.35. The summed E-state index contributed by atoms with van der Waals surface area (Å²) in [5.41, 5.74) is 1.21. The molecule has 0 bridgehead atoms. The number of hydrogen-bond acceptors (Lipinski definition) is 2. The van der Waals surface area contributed by atoms with Crippen LogP contribution in [0, 0.1) is 5.82 Å². The second-order valence-electron chi connectivity index (χ2n) is 2.56. The maximum Gasteiger partial charge on any atom is 0.134 e. The van der Waals surface area contributed by atoms with Gasteiger partial charge < -0.3 is 9.52 Å². The number of hydrogen-bond donors (Lipinski definition) is 1. The molecule has 0 aliphatic rings. The van der Waals surface area contributed by atoms with Gasteiger partial charge in [-0.2, -0.15) is 0 Å². The van der Waals surface area contributed by atoms with Crippen LogP contribution in [-0.4, -0.2) is 5.11 Å². The Kier molecular flexibility index (Phi) is 1.59. The molecular formula is C9H7FO2. The van der Waals surface area contributed by atoms with Gasteiger partial charge in [0.15, 0.2) is 0 Å². The highest BCUT2D eigenvalue weighted by Crippen LogP contribution is 2.21. The van der Waals surface area contributed by atoms with Crippen LogP contribution in [0.2, 0.25) is 0 Å². The predicted octanol–water partition coefficient (Wildman–Crippen LogP) is 2.06. The van der Waals surface area contributed by atoms with Gasteiger partial charge in [-0.15, -0.1) is 0 Å². The maximum atomic E-state index is 12.7. The van der Waals surface area contributed by atoms with Crippen LogP contribution in [0.15, 0.2) is 28.9 Å². The van der Waals surface area contributed by atoms with Crippen molar-refractivity contribution in [3.05, 3.63) is 35.8 Å². The minimum absolute atomic E-state index is 0.129. The molecule has 0 radical (unpaired) electrons. The van der Waals surface area contributed by atoms with Crippen LogP contribution in [0.25, 0.3) is 11.0 Å². The van der Waals surface area contributed by atoms with E-state index in [4.69, 9.17) is 9.52 Å². The van der Waals surface area contributed by atoms with Gasteiger partial charge in [0.05, 0.1) is 12.9 Å². The van der Waals surface area contributed by atoms with Crippen molar-refractivity contribution in [3.63, 3.8) is 0 Å². The summed E-state index contributed by atoms with van der Waals surface area (Å²) >= 11 is 0. The van der Waals surface area contributed by atoms with Gasteiger partial charge in [0.2, 0.25) is 0 Å². The second-order valence-corrected chi connectivity index (χ2v) is 2.56. The number of halogens is 1. The van der Waals surface area contributed by atoms with Crippen LogP contribution in [-0.2, 0) is 6.61 Å². The molecule has 0 atom stereocenters. The fourth-order valence-electron chi connectivity index (χ4n) is 1.18. The Morgan fingerprint density at radius 1 is 1.42 bits per heavy atom. The minimum atomic E-state index is -0.321. The van der Waals surface area contributed by atoms with Crippen molar-refractivity contribution in [1.29, 1.82) is 0 Å². The summed E-state index contributed by atoms with van der Waals surface area (Å²) in [4.78, 5) is 0. The number of aliphatic hydroxyl groups is 1. The molecule has 1 heterocycles. The fraction of sp³-hybridized carbons (Fsp3) is 0.111. The van der Waals surface area contributed by atoms with Gasteiger partial charge in [0, 0.05) is 10.9 Å². The quantitative estimate of drug-likeness (QED) is 0.703. The van der Waals surface area contributed by atoms with E-state index in [0.717, 1.165) is 0 Å². The average molecular weight is 166 g/mol. The standard InChI is InChI=1S/C9H7FO2/c10-7-1-2-9-8(3-7)6(4-11)5-12-9/h1-3,5,11H,4H2. The molecule has 1 aromatic carbocycles. The zero-order valence-corrected chi connectivity index (χ0v) is 6.25. The van der Waals surface area contributed by atoms with Crippen molar-refractivity contribution in [2.75, 3.05) is 0 Å². The zero-order valence-electron chi connectivity index (χ0n) is 6.25. The van der Waals surface area contributed by atoms with Gasteiger partial charge >= 0.3 is 0 Å². The van der Waals surface area contributed by atoms with Gasteiger partial charge in [0.25, 0.3) is 0 Å². The summed E-state index contributed by atoms with van der Waals surface area (Å²) in [5.74, 6) is -0.321. The third-order valence-electron chi connectivity index (χ3n) is 1.79. The van der Waals surface area contributed by atoms with E-state index < -0.39 is 0 Å². The molecule has 3 heteroatoms. The average Bonchev–Trinajstić information content (AvgIpc) is 2.46. The molecule has 0 aliphatic heterocycles. The van der Waals surface area contributed by atoms with E-state index in [1.807, 2.05) is 0 Å². The van der Waals surface area contributed by atoms with Crippen molar-refractivity contribution in [3.8, 4) is 0 Å². The van der Waals surface area contributed by atoms with Gasteiger partial charge in [0.1, 0.15) is 11.4 Å². The number of rotatable bonds is 1. The van der Waals surface area contributed by atoms with E-state index >= 15 is 0 Å². The topological polar surface area (TPSA) is 33.4 Å². The molecule has 0 saturated carbocycles.